The van der Waals surface area contributed by atoms with Crippen molar-refractivity contribution in [3.8, 4) is 0 Å². The maximum Gasteiger partial charge on any atom is 0.162 e. The normalized spacial score (nSPS) is 57.0. The second-order valence-electron chi connectivity index (χ2n) is 10.2. The number of carbonyl (C=O) groups is 1. The minimum Gasteiger partial charge on any atom is -0.495 e. The van der Waals surface area contributed by atoms with Crippen molar-refractivity contribution in [2.24, 2.45) is 39.9 Å². The first-order valence-electron chi connectivity index (χ1n) is 10.5. The van der Waals surface area contributed by atoms with E-state index in [1.54, 1.807) is 6.08 Å². The molecule has 2 bridgehead atoms. The Morgan fingerprint density at radius 1 is 1.31 bits per heavy atom. The van der Waals surface area contributed by atoms with Crippen molar-refractivity contribution in [2.45, 2.75) is 65.4 Å². The summed E-state index contributed by atoms with van der Waals surface area (Å²) in [6.45, 7) is 14.2. The summed E-state index contributed by atoms with van der Waals surface area (Å²) in [5, 5.41) is 12.2. The third-order valence-corrected chi connectivity index (χ3v) is 10.0. The number of fused-ring (bicyclic) bond motifs is 1. The Morgan fingerprint density at radius 2 is 2.04 bits per heavy atom. The van der Waals surface area contributed by atoms with Crippen LogP contribution in [-0.4, -0.2) is 23.1 Å². The zero-order valence-electron chi connectivity index (χ0n) is 16.6. The highest BCUT2D eigenvalue weighted by molar-refractivity contribution is 5.95. The molecule has 0 saturated heterocycles. The van der Waals surface area contributed by atoms with Gasteiger partial charge in [-0.05, 0) is 61.2 Å². The Morgan fingerprint density at radius 3 is 2.73 bits per heavy atom. The molecule has 3 heteroatoms. The van der Waals surface area contributed by atoms with E-state index in [1.165, 1.54) is 12.0 Å². The van der Waals surface area contributed by atoms with Gasteiger partial charge in [0.2, 0.25) is 0 Å². The highest BCUT2D eigenvalue weighted by Gasteiger charge is 2.83. The van der Waals surface area contributed by atoms with Gasteiger partial charge in [-0.2, -0.15) is 0 Å². The molecule has 6 aliphatic rings. The van der Waals surface area contributed by atoms with Crippen LogP contribution in [-0.2, 0) is 9.53 Å². The van der Waals surface area contributed by atoms with Crippen molar-refractivity contribution in [1.29, 1.82) is 0 Å². The molecule has 0 radical (unpaired) electrons. The molecule has 0 aliphatic heterocycles. The van der Waals surface area contributed by atoms with Crippen LogP contribution in [0.5, 0.6) is 0 Å². The molecule has 142 valence electrons. The fourth-order valence-electron chi connectivity index (χ4n) is 8.85. The quantitative estimate of drug-likeness (QED) is 0.752. The molecule has 8 atom stereocenters. The minimum atomic E-state index is -1.04. The van der Waals surface area contributed by atoms with Gasteiger partial charge in [0.25, 0.3) is 0 Å². The van der Waals surface area contributed by atoms with Crippen LogP contribution in [0.25, 0.3) is 0 Å². The molecule has 5 saturated carbocycles. The van der Waals surface area contributed by atoms with Crippen LogP contribution in [0.4, 0.5) is 0 Å². The van der Waals surface area contributed by atoms with Crippen LogP contribution < -0.4 is 0 Å². The third-order valence-electron chi connectivity index (χ3n) is 10.0. The first kappa shape index (κ1) is 17.0. The first-order valence-corrected chi connectivity index (χ1v) is 10.5. The van der Waals surface area contributed by atoms with Gasteiger partial charge >= 0.3 is 0 Å². The molecule has 1 spiro atoms. The van der Waals surface area contributed by atoms with Gasteiger partial charge < -0.3 is 9.84 Å². The lowest BCUT2D eigenvalue weighted by Gasteiger charge is -2.74. The lowest BCUT2D eigenvalue weighted by molar-refractivity contribution is -0.257. The first-order chi connectivity index (χ1) is 12.2. The fourth-order valence-corrected chi connectivity index (χ4v) is 8.85. The number of allylic oxidation sites excluding steroid dienone is 1. The van der Waals surface area contributed by atoms with Crippen molar-refractivity contribution in [1.82, 2.24) is 0 Å². The Kier molecular flexibility index (Phi) is 3.05. The van der Waals surface area contributed by atoms with Crippen molar-refractivity contribution in [2.75, 3.05) is 6.61 Å². The summed E-state index contributed by atoms with van der Waals surface area (Å²) in [6.07, 6.45) is 6.96. The third kappa shape index (κ3) is 1.39. The second-order valence-corrected chi connectivity index (χ2v) is 10.2. The number of hydrogen-bond acceptors (Lipinski definition) is 3. The monoisotopic (exact) mass is 356 g/mol. The van der Waals surface area contributed by atoms with E-state index < -0.39 is 5.60 Å². The number of rotatable bonds is 2. The van der Waals surface area contributed by atoms with Gasteiger partial charge in [-0.15, -0.1) is 0 Å². The Balaban J connectivity index is 1.83. The number of ether oxygens (including phenoxy) is 1. The van der Waals surface area contributed by atoms with Crippen molar-refractivity contribution in [3.63, 3.8) is 0 Å². The van der Waals surface area contributed by atoms with Crippen LogP contribution in [0.2, 0.25) is 0 Å². The van der Waals surface area contributed by atoms with E-state index in [0.29, 0.717) is 18.3 Å². The zero-order valence-corrected chi connectivity index (χ0v) is 16.6. The van der Waals surface area contributed by atoms with Crippen LogP contribution >= 0.6 is 0 Å². The predicted octanol–water partition coefficient (Wildman–Crippen LogP) is 4.27. The lowest BCUT2D eigenvalue weighted by Crippen LogP contribution is -2.73. The van der Waals surface area contributed by atoms with Crippen LogP contribution in [0.3, 0.4) is 0 Å². The minimum absolute atomic E-state index is 0.0172. The van der Waals surface area contributed by atoms with Gasteiger partial charge in [-0.3, -0.25) is 4.79 Å². The number of aliphatic hydroxyl groups is 1. The van der Waals surface area contributed by atoms with E-state index in [-0.39, 0.29) is 39.8 Å². The topological polar surface area (TPSA) is 46.5 Å². The summed E-state index contributed by atoms with van der Waals surface area (Å²) >= 11 is 0. The van der Waals surface area contributed by atoms with Gasteiger partial charge in [0.15, 0.2) is 5.78 Å². The Bertz CT molecular complexity index is 753. The number of hydrogen-bond donors (Lipinski definition) is 1. The molecule has 3 nitrogen and oxygen atoms in total. The standard InChI is InChI=1S/C23H32O3/c1-6-26-18-11-17(24)15-12-21(5)13(2)7-9-20(4)14(3)16-8-10-22(20,21)19(15)23(16,18)25/h11,13,15-16,19,25H,3,6-10,12H2,1-2,4-5H3/t13?,15-,16?,19+,20?,21?,22?,23-/m0/s1. The zero-order chi connectivity index (χ0) is 18.7. The summed E-state index contributed by atoms with van der Waals surface area (Å²) in [5.41, 5.74) is 0.231. The average Bonchev–Trinajstić information content (AvgIpc) is 2.89. The number of ketones is 1. The summed E-state index contributed by atoms with van der Waals surface area (Å²) in [4.78, 5) is 13.1. The molecular formula is C23H32O3. The van der Waals surface area contributed by atoms with Gasteiger partial charge in [0, 0.05) is 23.8 Å². The molecule has 6 aliphatic carbocycles. The molecule has 26 heavy (non-hydrogen) atoms. The second kappa shape index (κ2) is 4.66. The van der Waals surface area contributed by atoms with Crippen LogP contribution in [0.1, 0.15) is 59.8 Å². The van der Waals surface area contributed by atoms with E-state index in [4.69, 9.17) is 4.74 Å². The average molecular weight is 357 g/mol. The van der Waals surface area contributed by atoms with Gasteiger partial charge in [-0.25, -0.2) is 0 Å². The summed E-state index contributed by atoms with van der Waals surface area (Å²) < 4.78 is 5.91. The smallest absolute Gasteiger partial charge is 0.162 e. The van der Waals surface area contributed by atoms with Gasteiger partial charge in [-0.1, -0.05) is 32.9 Å². The maximum absolute atomic E-state index is 13.1. The highest BCUT2D eigenvalue weighted by atomic mass is 16.5. The Labute approximate surface area is 156 Å². The molecule has 5 fully saturated rings. The van der Waals surface area contributed by atoms with Gasteiger partial charge in [0.1, 0.15) is 11.4 Å². The molecular weight excluding hydrogens is 324 g/mol. The van der Waals surface area contributed by atoms with Crippen molar-refractivity contribution < 1.29 is 14.6 Å². The van der Waals surface area contributed by atoms with Crippen LogP contribution in [0, 0.1) is 39.9 Å². The summed E-state index contributed by atoms with van der Waals surface area (Å²) in [6, 6.07) is 0. The molecule has 5 unspecified atom stereocenters. The lowest BCUT2D eigenvalue weighted by atomic mass is 9.30. The van der Waals surface area contributed by atoms with E-state index >= 15 is 0 Å². The van der Waals surface area contributed by atoms with E-state index in [9.17, 15) is 9.90 Å². The molecule has 0 aromatic rings. The van der Waals surface area contributed by atoms with Crippen molar-refractivity contribution in [3.05, 3.63) is 24.0 Å². The van der Waals surface area contributed by atoms with E-state index in [0.717, 1.165) is 25.7 Å². The summed E-state index contributed by atoms with van der Waals surface area (Å²) in [7, 11) is 0. The Hall–Kier alpha value is -1.09. The molecule has 0 heterocycles. The highest BCUT2D eigenvalue weighted by Crippen LogP contribution is 2.85. The fraction of sp³-hybridized carbons (Fsp3) is 0.783. The predicted molar refractivity (Wildman–Crippen MR) is 100 cm³/mol. The SMILES string of the molecule is C=C1C2CCC34[C@H]5[C@@H](CC3(C)C(C)CCC14C)C(=O)C=C(OCC)[C@@]25O. The molecule has 0 aromatic heterocycles. The van der Waals surface area contributed by atoms with E-state index in [2.05, 4.69) is 27.4 Å². The molecule has 0 aromatic carbocycles. The van der Waals surface area contributed by atoms with Crippen molar-refractivity contribution >= 4 is 5.78 Å². The van der Waals surface area contributed by atoms with Crippen LogP contribution in [0.15, 0.2) is 24.0 Å². The molecule has 1 N–H and O–H groups in total. The molecule has 6 rings (SSSR count). The van der Waals surface area contributed by atoms with Gasteiger partial charge in [0.05, 0.1) is 6.61 Å². The largest absolute Gasteiger partial charge is 0.495 e. The van der Waals surface area contributed by atoms with E-state index in [1.807, 2.05) is 6.92 Å². The maximum atomic E-state index is 13.1. The summed E-state index contributed by atoms with van der Waals surface area (Å²) in [5.74, 6) is 1.21. The number of carbonyl (C=O) groups excluding carboxylic acids is 1. The molecule has 0 amide bonds.